The highest BCUT2D eigenvalue weighted by Gasteiger charge is 2.30. The summed E-state index contributed by atoms with van der Waals surface area (Å²) in [4.78, 5) is 12.1. The molecule has 6 heteroatoms. The molecule has 6 aromatic rings. The number of hydrogen-bond acceptors (Lipinski definition) is 3. The number of benzene rings is 6. The van der Waals surface area contributed by atoms with E-state index in [1.165, 1.54) is 68.2 Å². The first-order valence-electron chi connectivity index (χ1n) is 17.1. The van der Waals surface area contributed by atoms with Crippen LogP contribution in [0.15, 0.2) is 131 Å². The Morgan fingerprint density at radius 2 is 1.24 bits per heavy atom. The number of likely N-dealkylation sites (tertiary alicyclic amines) is 1. The van der Waals surface area contributed by atoms with E-state index in [0.717, 1.165) is 47.5 Å². The molecule has 0 spiro atoms. The quantitative estimate of drug-likeness (QED) is 0.198. The van der Waals surface area contributed by atoms with Gasteiger partial charge in [0, 0.05) is 65.6 Å². The first-order valence-corrected chi connectivity index (χ1v) is 17.9. The van der Waals surface area contributed by atoms with E-state index < -0.39 is 0 Å². The van der Waals surface area contributed by atoms with Crippen molar-refractivity contribution in [2.45, 2.75) is 37.5 Å². The Bertz CT molecular complexity index is 2230. The van der Waals surface area contributed by atoms with E-state index in [-0.39, 0.29) is 5.92 Å². The van der Waals surface area contributed by atoms with Crippen molar-refractivity contribution in [3.63, 3.8) is 0 Å². The Morgan fingerprint density at radius 1 is 0.653 bits per heavy atom. The summed E-state index contributed by atoms with van der Waals surface area (Å²) < 4.78 is 0. The Balaban J connectivity index is 0.000000143. The summed E-state index contributed by atoms with van der Waals surface area (Å²) in [6.07, 6.45) is 4.35. The number of rotatable bonds is 2. The summed E-state index contributed by atoms with van der Waals surface area (Å²) >= 11 is 12.5. The van der Waals surface area contributed by atoms with Crippen molar-refractivity contribution in [3.05, 3.63) is 154 Å². The average molecular weight is 682 g/mol. The van der Waals surface area contributed by atoms with Crippen molar-refractivity contribution < 1.29 is 0 Å². The molecule has 1 saturated heterocycles. The lowest BCUT2D eigenvalue weighted by atomic mass is 9.83. The minimum absolute atomic E-state index is 0.272. The van der Waals surface area contributed by atoms with Gasteiger partial charge < -0.3 is 10.2 Å². The van der Waals surface area contributed by atoms with E-state index in [0.29, 0.717) is 5.92 Å². The van der Waals surface area contributed by atoms with Gasteiger partial charge in [0.25, 0.3) is 0 Å². The zero-order chi connectivity index (χ0) is 33.3. The van der Waals surface area contributed by atoms with Crippen molar-refractivity contribution in [1.29, 1.82) is 0 Å². The molecule has 49 heavy (non-hydrogen) atoms. The van der Waals surface area contributed by atoms with Crippen LogP contribution >= 0.6 is 23.2 Å². The Kier molecular flexibility index (Phi) is 8.84. The number of amidine groups is 2. The zero-order valence-electron chi connectivity index (χ0n) is 27.5. The molecule has 0 saturated carbocycles. The van der Waals surface area contributed by atoms with E-state index in [2.05, 4.69) is 118 Å². The molecule has 244 valence electrons. The van der Waals surface area contributed by atoms with Gasteiger partial charge in [0.15, 0.2) is 0 Å². The third kappa shape index (κ3) is 6.32. The van der Waals surface area contributed by atoms with E-state index >= 15 is 0 Å². The molecular weight excluding hydrogens is 643 g/mol. The second-order valence-corrected chi connectivity index (χ2v) is 14.0. The van der Waals surface area contributed by atoms with Crippen molar-refractivity contribution in [2.75, 3.05) is 25.5 Å². The normalized spacial score (nSPS) is 19.1. The minimum atomic E-state index is 0.272. The maximum atomic E-state index is 6.31. The van der Waals surface area contributed by atoms with Crippen LogP contribution in [0.3, 0.4) is 0 Å². The molecule has 0 amide bonds. The lowest BCUT2D eigenvalue weighted by molar-refractivity contribution is 0.499. The van der Waals surface area contributed by atoms with Crippen molar-refractivity contribution in [3.8, 4) is 0 Å². The summed E-state index contributed by atoms with van der Waals surface area (Å²) in [6.45, 7) is 2.25. The number of hydrogen-bond donors (Lipinski definition) is 1. The molecule has 3 heterocycles. The van der Waals surface area contributed by atoms with Gasteiger partial charge in [-0.05, 0) is 70.1 Å². The minimum Gasteiger partial charge on any atom is -0.360 e. The highest BCUT2D eigenvalue weighted by Crippen LogP contribution is 2.44. The van der Waals surface area contributed by atoms with E-state index in [1.807, 2.05) is 25.2 Å². The monoisotopic (exact) mass is 680 g/mol. The fourth-order valence-electron chi connectivity index (χ4n) is 7.73. The molecule has 9 rings (SSSR count). The van der Waals surface area contributed by atoms with Crippen LogP contribution in [-0.2, 0) is 0 Å². The summed E-state index contributed by atoms with van der Waals surface area (Å²) in [5.74, 6) is 2.82. The molecule has 3 aliphatic heterocycles. The molecule has 0 radical (unpaired) electrons. The van der Waals surface area contributed by atoms with Crippen LogP contribution < -0.4 is 5.32 Å². The summed E-state index contributed by atoms with van der Waals surface area (Å²) in [5.41, 5.74) is 7.44. The van der Waals surface area contributed by atoms with E-state index in [1.54, 1.807) is 0 Å². The first-order chi connectivity index (χ1) is 24.1. The molecular formula is C43H38Cl2N4. The summed E-state index contributed by atoms with van der Waals surface area (Å²) in [6, 6.07) is 42.4. The Hall–Kier alpha value is -4.64. The largest absolute Gasteiger partial charge is 0.360 e. The third-order valence-electron chi connectivity index (χ3n) is 10.2. The van der Waals surface area contributed by atoms with Crippen LogP contribution in [0.25, 0.3) is 21.5 Å². The summed E-state index contributed by atoms with van der Waals surface area (Å²) in [5, 5.41) is 10.1. The van der Waals surface area contributed by atoms with Crippen molar-refractivity contribution >= 4 is 67.8 Å². The smallest absolute Gasteiger partial charge is 0.106 e. The van der Waals surface area contributed by atoms with Crippen LogP contribution in [0.5, 0.6) is 0 Å². The number of fused-ring (bicyclic) bond motifs is 6. The molecule has 2 unspecified atom stereocenters. The van der Waals surface area contributed by atoms with Gasteiger partial charge in [0.1, 0.15) is 11.7 Å². The fourth-order valence-corrected chi connectivity index (χ4v) is 8.12. The topological polar surface area (TPSA) is 40.0 Å². The molecule has 6 aromatic carbocycles. The number of halogens is 2. The maximum Gasteiger partial charge on any atom is 0.106 e. The van der Waals surface area contributed by atoms with Gasteiger partial charge in [-0.25, -0.2) is 4.99 Å². The molecule has 0 aromatic heterocycles. The lowest BCUT2D eigenvalue weighted by Gasteiger charge is -2.31. The average Bonchev–Trinajstić information content (AvgIpc) is 3.69. The van der Waals surface area contributed by atoms with Gasteiger partial charge in [-0.15, -0.1) is 0 Å². The first kappa shape index (κ1) is 31.6. The van der Waals surface area contributed by atoms with Crippen LogP contribution in [0.1, 0.15) is 59.8 Å². The van der Waals surface area contributed by atoms with Crippen LogP contribution in [0.2, 0.25) is 10.0 Å². The van der Waals surface area contributed by atoms with Crippen LogP contribution in [-0.4, -0.2) is 36.7 Å². The molecule has 3 aliphatic rings. The molecule has 4 nitrogen and oxygen atoms in total. The molecule has 0 aliphatic carbocycles. The maximum absolute atomic E-state index is 6.31. The highest BCUT2D eigenvalue weighted by molar-refractivity contribution is 6.31. The van der Waals surface area contributed by atoms with Gasteiger partial charge >= 0.3 is 0 Å². The predicted octanol–water partition coefficient (Wildman–Crippen LogP) is 11.6. The second kappa shape index (κ2) is 13.7. The van der Waals surface area contributed by atoms with E-state index in [4.69, 9.17) is 28.2 Å². The molecule has 2 atom stereocenters. The van der Waals surface area contributed by atoms with Gasteiger partial charge in [0.05, 0.1) is 11.4 Å². The van der Waals surface area contributed by atoms with Crippen molar-refractivity contribution in [1.82, 2.24) is 4.90 Å². The second-order valence-electron chi connectivity index (χ2n) is 13.1. The number of nitrogens with one attached hydrogen (secondary N) is 1. The van der Waals surface area contributed by atoms with Gasteiger partial charge in [-0.3, -0.25) is 4.99 Å². The lowest BCUT2D eigenvalue weighted by Crippen LogP contribution is -2.31. The number of nitrogens with zero attached hydrogens (tertiary/aromatic N) is 3. The van der Waals surface area contributed by atoms with Gasteiger partial charge in [-0.2, -0.15) is 0 Å². The number of anilines is 1. The highest BCUT2D eigenvalue weighted by atomic mass is 35.5. The SMILES string of the molecule is CN=C1CC(c2cccc(Cl)c2)c2ccc3ccccc3c2N1.Clc1cccc(C2CC(N3CCCC3)=Nc3c2ccc2ccccc32)c1. The van der Waals surface area contributed by atoms with Crippen LogP contribution in [0.4, 0.5) is 11.4 Å². The fraction of sp³-hybridized carbons (Fsp3) is 0.209. The van der Waals surface area contributed by atoms with Crippen molar-refractivity contribution in [2.24, 2.45) is 9.98 Å². The molecule has 1 N–H and O–H groups in total. The van der Waals surface area contributed by atoms with Crippen LogP contribution in [0, 0.1) is 0 Å². The van der Waals surface area contributed by atoms with E-state index in [9.17, 15) is 0 Å². The molecule has 0 bridgehead atoms. The Labute approximate surface area is 298 Å². The standard InChI is InChI=1S/C23H21ClN2.C20H17ClN2/c24-18-8-5-7-17(14-18)21-15-22(26-12-3-4-13-26)25-23-19-9-2-1-6-16(19)10-11-20(21)23;1-22-19-12-18(14-6-4-7-15(21)11-14)17-10-9-13-5-2-3-8-16(13)20(17)23-19/h1-2,5-11,14,21H,3-4,12-13,15H2;2-11,18H,12H2,1H3,(H,22,23). The summed E-state index contributed by atoms with van der Waals surface area (Å²) in [7, 11) is 1.84. The number of aliphatic imine (C=N–C) groups is 2. The third-order valence-corrected chi connectivity index (χ3v) is 10.7. The zero-order valence-corrected chi connectivity index (χ0v) is 29.1. The van der Waals surface area contributed by atoms with Gasteiger partial charge in [0.2, 0.25) is 0 Å². The molecule has 1 fully saturated rings. The Morgan fingerprint density at radius 3 is 1.90 bits per heavy atom. The predicted molar refractivity (Wildman–Crippen MR) is 209 cm³/mol. The van der Waals surface area contributed by atoms with Gasteiger partial charge in [-0.1, -0.05) is 120 Å².